The molecule has 0 aliphatic heterocycles. The van der Waals surface area contributed by atoms with Crippen LogP contribution in [-0.4, -0.2) is 34.1 Å². The lowest BCUT2D eigenvalue weighted by Crippen LogP contribution is -2.26. The Morgan fingerprint density at radius 1 is 1.67 bits per heavy atom. The molecule has 1 unspecified atom stereocenters. The smallest absolute Gasteiger partial charge is 0.0949 e. The van der Waals surface area contributed by atoms with Gasteiger partial charge in [0.15, 0.2) is 0 Å². The fourth-order valence-electron chi connectivity index (χ4n) is 1.86. The lowest BCUT2D eigenvalue weighted by Gasteiger charge is -2.17. The molecule has 2 rings (SSSR count). The van der Waals surface area contributed by atoms with Crippen molar-refractivity contribution in [1.82, 2.24) is 14.5 Å². The molecule has 15 heavy (non-hydrogen) atoms. The molecule has 0 bridgehead atoms. The van der Waals surface area contributed by atoms with Gasteiger partial charge >= 0.3 is 0 Å². The fraction of sp³-hybridized carbons (Fsp3) is 0.727. The second kappa shape index (κ2) is 4.33. The van der Waals surface area contributed by atoms with E-state index in [1.807, 2.05) is 19.4 Å². The number of nitrogens with two attached hydrogens (primary N) is 1. The van der Waals surface area contributed by atoms with E-state index in [-0.39, 0.29) is 6.04 Å². The Labute approximate surface area is 91.1 Å². The van der Waals surface area contributed by atoms with Crippen LogP contribution >= 0.6 is 0 Å². The van der Waals surface area contributed by atoms with Crippen molar-refractivity contribution < 1.29 is 0 Å². The lowest BCUT2D eigenvalue weighted by molar-refractivity contribution is 0.307. The zero-order chi connectivity index (χ0) is 10.8. The van der Waals surface area contributed by atoms with Crippen molar-refractivity contribution in [2.45, 2.75) is 38.4 Å². The molecule has 1 atom stereocenters. The van der Waals surface area contributed by atoms with Gasteiger partial charge in [-0.05, 0) is 26.8 Å². The number of hydrogen-bond donors (Lipinski definition) is 1. The molecule has 1 saturated carbocycles. The minimum Gasteiger partial charge on any atom is -0.332 e. The third-order valence-corrected chi connectivity index (χ3v) is 3.07. The monoisotopic (exact) mass is 208 g/mol. The van der Waals surface area contributed by atoms with Crippen LogP contribution in [0.2, 0.25) is 0 Å². The van der Waals surface area contributed by atoms with Gasteiger partial charge in [0.25, 0.3) is 0 Å². The molecule has 1 aromatic heterocycles. The number of hydrogen-bond acceptors (Lipinski definition) is 3. The largest absolute Gasteiger partial charge is 0.332 e. The molecule has 0 aromatic carbocycles. The topological polar surface area (TPSA) is 47.1 Å². The Bertz CT molecular complexity index is 314. The molecule has 4 heteroatoms. The first kappa shape index (κ1) is 10.6. The zero-order valence-corrected chi connectivity index (χ0v) is 9.56. The van der Waals surface area contributed by atoms with Crippen LogP contribution in [0.5, 0.6) is 0 Å². The Balaban J connectivity index is 1.89. The summed E-state index contributed by atoms with van der Waals surface area (Å²) >= 11 is 0. The summed E-state index contributed by atoms with van der Waals surface area (Å²) in [5, 5.41) is 0. The van der Waals surface area contributed by atoms with Crippen molar-refractivity contribution in [3.8, 4) is 0 Å². The maximum Gasteiger partial charge on any atom is 0.0949 e. The van der Waals surface area contributed by atoms with Crippen molar-refractivity contribution in [2.24, 2.45) is 5.73 Å². The first-order chi connectivity index (χ1) is 7.18. The lowest BCUT2D eigenvalue weighted by atomic mass is 10.3. The van der Waals surface area contributed by atoms with Gasteiger partial charge in [0, 0.05) is 31.4 Å². The molecule has 1 heterocycles. The van der Waals surface area contributed by atoms with E-state index in [1.54, 1.807) is 0 Å². The SMILES string of the molecule is CC(N)c1cncn1CCN(C)C1CC1. The molecule has 1 fully saturated rings. The van der Waals surface area contributed by atoms with E-state index in [2.05, 4.69) is 21.5 Å². The van der Waals surface area contributed by atoms with Gasteiger partial charge in [0.2, 0.25) is 0 Å². The summed E-state index contributed by atoms with van der Waals surface area (Å²) < 4.78 is 2.16. The average molecular weight is 208 g/mol. The van der Waals surface area contributed by atoms with Gasteiger partial charge in [-0.1, -0.05) is 0 Å². The highest BCUT2D eigenvalue weighted by atomic mass is 15.2. The predicted octanol–water partition coefficient (Wildman–Crippen LogP) is 0.997. The molecule has 1 aliphatic carbocycles. The van der Waals surface area contributed by atoms with Gasteiger partial charge in [-0.2, -0.15) is 0 Å². The van der Waals surface area contributed by atoms with Crippen molar-refractivity contribution in [3.05, 3.63) is 18.2 Å². The summed E-state index contributed by atoms with van der Waals surface area (Å²) in [5.74, 6) is 0. The number of rotatable bonds is 5. The molecular weight excluding hydrogens is 188 g/mol. The summed E-state index contributed by atoms with van der Waals surface area (Å²) in [6, 6.07) is 0.894. The van der Waals surface area contributed by atoms with E-state index in [0.717, 1.165) is 24.8 Å². The Hall–Kier alpha value is -0.870. The Morgan fingerprint density at radius 3 is 3.00 bits per heavy atom. The van der Waals surface area contributed by atoms with E-state index in [1.165, 1.54) is 12.8 Å². The highest BCUT2D eigenvalue weighted by Gasteiger charge is 2.25. The molecule has 1 aliphatic rings. The number of aromatic nitrogens is 2. The summed E-state index contributed by atoms with van der Waals surface area (Å²) in [6.07, 6.45) is 6.46. The highest BCUT2D eigenvalue weighted by molar-refractivity contribution is 5.03. The quantitative estimate of drug-likeness (QED) is 0.785. The van der Waals surface area contributed by atoms with Gasteiger partial charge in [-0.3, -0.25) is 0 Å². The summed E-state index contributed by atoms with van der Waals surface area (Å²) in [6.45, 7) is 4.07. The number of imidazole rings is 1. The van der Waals surface area contributed by atoms with Crippen LogP contribution in [0.3, 0.4) is 0 Å². The fourth-order valence-corrected chi connectivity index (χ4v) is 1.86. The summed E-state index contributed by atoms with van der Waals surface area (Å²) in [4.78, 5) is 6.57. The van der Waals surface area contributed by atoms with E-state index < -0.39 is 0 Å². The van der Waals surface area contributed by atoms with Crippen molar-refractivity contribution >= 4 is 0 Å². The van der Waals surface area contributed by atoms with Gasteiger partial charge in [0.1, 0.15) is 0 Å². The first-order valence-corrected chi connectivity index (χ1v) is 5.64. The Kier molecular flexibility index (Phi) is 3.07. The Morgan fingerprint density at radius 2 is 2.40 bits per heavy atom. The second-order valence-electron chi connectivity index (χ2n) is 4.51. The zero-order valence-electron chi connectivity index (χ0n) is 9.56. The normalized spacial score (nSPS) is 18.4. The van der Waals surface area contributed by atoms with Gasteiger partial charge < -0.3 is 15.2 Å². The molecule has 0 spiro atoms. The number of likely N-dealkylation sites (N-methyl/N-ethyl adjacent to an activating group) is 1. The van der Waals surface area contributed by atoms with Crippen LogP contribution < -0.4 is 5.73 Å². The van der Waals surface area contributed by atoms with Crippen LogP contribution in [0.4, 0.5) is 0 Å². The van der Waals surface area contributed by atoms with Crippen LogP contribution in [0.15, 0.2) is 12.5 Å². The molecule has 84 valence electrons. The summed E-state index contributed by atoms with van der Waals surface area (Å²) in [5.41, 5.74) is 6.99. The van der Waals surface area contributed by atoms with Crippen LogP contribution in [0, 0.1) is 0 Å². The van der Waals surface area contributed by atoms with E-state index in [0.29, 0.717) is 0 Å². The number of nitrogens with zero attached hydrogens (tertiary/aromatic N) is 3. The van der Waals surface area contributed by atoms with Crippen LogP contribution in [0.1, 0.15) is 31.5 Å². The van der Waals surface area contributed by atoms with Gasteiger partial charge in [-0.15, -0.1) is 0 Å². The molecule has 0 saturated heterocycles. The van der Waals surface area contributed by atoms with Crippen molar-refractivity contribution in [3.63, 3.8) is 0 Å². The molecule has 4 nitrogen and oxygen atoms in total. The maximum atomic E-state index is 5.86. The standard InChI is InChI=1S/C11H20N4/c1-9(12)11-7-13-8-15(11)6-5-14(2)10-3-4-10/h7-10H,3-6,12H2,1-2H3. The van der Waals surface area contributed by atoms with Gasteiger partial charge in [0.05, 0.1) is 12.0 Å². The van der Waals surface area contributed by atoms with Crippen LogP contribution in [0.25, 0.3) is 0 Å². The average Bonchev–Trinajstić information content (AvgIpc) is 2.93. The molecule has 2 N–H and O–H groups in total. The highest BCUT2D eigenvalue weighted by Crippen LogP contribution is 2.25. The minimum absolute atomic E-state index is 0.0683. The molecule has 1 aromatic rings. The molecular formula is C11H20N4. The molecule has 0 radical (unpaired) electrons. The van der Waals surface area contributed by atoms with E-state index >= 15 is 0 Å². The van der Waals surface area contributed by atoms with E-state index in [9.17, 15) is 0 Å². The van der Waals surface area contributed by atoms with Gasteiger partial charge in [-0.25, -0.2) is 4.98 Å². The molecule has 0 amide bonds. The third kappa shape index (κ3) is 2.58. The summed E-state index contributed by atoms with van der Waals surface area (Å²) in [7, 11) is 2.19. The van der Waals surface area contributed by atoms with E-state index in [4.69, 9.17) is 5.73 Å². The van der Waals surface area contributed by atoms with Crippen molar-refractivity contribution in [1.29, 1.82) is 0 Å². The second-order valence-corrected chi connectivity index (χ2v) is 4.51. The maximum absolute atomic E-state index is 5.86. The minimum atomic E-state index is 0.0683. The van der Waals surface area contributed by atoms with Crippen molar-refractivity contribution in [2.75, 3.05) is 13.6 Å². The predicted molar refractivity (Wildman–Crippen MR) is 60.5 cm³/mol. The third-order valence-electron chi connectivity index (χ3n) is 3.07. The first-order valence-electron chi connectivity index (χ1n) is 5.64. The van der Waals surface area contributed by atoms with Crippen LogP contribution in [-0.2, 0) is 6.54 Å².